The summed E-state index contributed by atoms with van der Waals surface area (Å²) < 4.78 is 0. The van der Waals surface area contributed by atoms with Crippen LogP contribution in [0.3, 0.4) is 0 Å². The summed E-state index contributed by atoms with van der Waals surface area (Å²) in [4.78, 5) is 8.89. The SMILES string of the molecule is Cc1cnc(C)c(NC2CCc3ccccc32)n1. The zero-order valence-electron chi connectivity index (χ0n) is 10.8. The summed E-state index contributed by atoms with van der Waals surface area (Å²) in [6.45, 7) is 3.97. The second-order valence-corrected chi connectivity index (χ2v) is 4.88. The molecule has 1 aliphatic rings. The van der Waals surface area contributed by atoms with Gasteiger partial charge in [0, 0.05) is 6.20 Å². The molecule has 0 bridgehead atoms. The number of nitrogens with one attached hydrogen (secondary N) is 1. The topological polar surface area (TPSA) is 37.8 Å². The quantitative estimate of drug-likeness (QED) is 0.874. The van der Waals surface area contributed by atoms with E-state index in [-0.39, 0.29) is 0 Å². The third-order valence-corrected chi connectivity index (χ3v) is 3.52. The van der Waals surface area contributed by atoms with Crippen LogP contribution in [-0.2, 0) is 6.42 Å². The molecule has 0 amide bonds. The van der Waals surface area contributed by atoms with Crippen LogP contribution < -0.4 is 5.32 Å². The average molecular weight is 239 g/mol. The highest BCUT2D eigenvalue weighted by molar-refractivity contribution is 5.46. The van der Waals surface area contributed by atoms with Crippen molar-refractivity contribution in [1.29, 1.82) is 0 Å². The number of benzene rings is 1. The van der Waals surface area contributed by atoms with E-state index in [1.54, 1.807) is 0 Å². The van der Waals surface area contributed by atoms with Gasteiger partial charge in [-0.3, -0.25) is 4.98 Å². The van der Waals surface area contributed by atoms with E-state index in [0.717, 1.165) is 30.0 Å². The molecule has 3 heteroatoms. The number of anilines is 1. The molecule has 0 aliphatic heterocycles. The van der Waals surface area contributed by atoms with Crippen LogP contribution >= 0.6 is 0 Å². The van der Waals surface area contributed by atoms with Crippen molar-refractivity contribution < 1.29 is 0 Å². The Morgan fingerprint density at radius 3 is 2.94 bits per heavy atom. The maximum absolute atomic E-state index is 4.54. The number of aryl methyl sites for hydroxylation is 3. The molecule has 0 saturated heterocycles. The Morgan fingerprint density at radius 1 is 1.22 bits per heavy atom. The first-order valence-electron chi connectivity index (χ1n) is 6.38. The number of hydrogen-bond acceptors (Lipinski definition) is 3. The van der Waals surface area contributed by atoms with Gasteiger partial charge in [-0.1, -0.05) is 24.3 Å². The van der Waals surface area contributed by atoms with Crippen molar-refractivity contribution in [2.45, 2.75) is 32.7 Å². The minimum atomic E-state index is 0.371. The summed E-state index contributed by atoms with van der Waals surface area (Å²) in [6, 6.07) is 9.01. The minimum absolute atomic E-state index is 0.371. The molecule has 3 nitrogen and oxygen atoms in total. The summed E-state index contributed by atoms with van der Waals surface area (Å²) in [5.41, 5.74) is 4.77. The summed E-state index contributed by atoms with van der Waals surface area (Å²) in [7, 11) is 0. The molecule has 1 aromatic heterocycles. The molecule has 0 spiro atoms. The first kappa shape index (κ1) is 11.2. The average Bonchev–Trinajstić information content (AvgIpc) is 2.78. The molecular formula is C15H17N3. The van der Waals surface area contributed by atoms with Gasteiger partial charge in [0.25, 0.3) is 0 Å². The Bertz CT molecular complexity index is 578. The number of hydrogen-bond donors (Lipinski definition) is 1. The van der Waals surface area contributed by atoms with Crippen molar-refractivity contribution in [3.05, 3.63) is 53.0 Å². The number of aromatic nitrogens is 2. The zero-order chi connectivity index (χ0) is 12.5. The Kier molecular flexibility index (Phi) is 2.74. The lowest BCUT2D eigenvalue weighted by molar-refractivity contribution is 0.753. The zero-order valence-corrected chi connectivity index (χ0v) is 10.8. The fourth-order valence-electron chi connectivity index (χ4n) is 2.55. The molecule has 1 atom stereocenters. The van der Waals surface area contributed by atoms with E-state index in [4.69, 9.17) is 0 Å². The van der Waals surface area contributed by atoms with E-state index in [1.165, 1.54) is 11.1 Å². The predicted octanol–water partition coefficient (Wildman–Crippen LogP) is 3.19. The molecule has 2 aromatic rings. The lowest BCUT2D eigenvalue weighted by Crippen LogP contribution is -2.10. The molecule has 18 heavy (non-hydrogen) atoms. The number of nitrogens with zero attached hydrogens (tertiary/aromatic N) is 2. The maximum atomic E-state index is 4.54. The highest BCUT2D eigenvalue weighted by Gasteiger charge is 2.22. The fraction of sp³-hybridized carbons (Fsp3) is 0.333. The molecule has 1 heterocycles. The molecule has 92 valence electrons. The van der Waals surface area contributed by atoms with E-state index in [0.29, 0.717) is 6.04 Å². The van der Waals surface area contributed by atoms with E-state index < -0.39 is 0 Å². The Balaban J connectivity index is 1.88. The molecule has 0 fully saturated rings. The smallest absolute Gasteiger partial charge is 0.148 e. The van der Waals surface area contributed by atoms with Gasteiger partial charge in [-0.2, -0.15) is 0 Å². The first-order valence-corrected chi connectivity index (χ1v) is 6.38. The van der Waals surface area contributed by atoms with Crippen LogP contribution in [0.1, 0.15) is 35.0 Å². The van der Waals surface area contributed by atoms with Gasteiger partial charge in [-0.25, -0.2) is 4.98 Å². The van der Waals surface area contributed by atoms with Crippen LogP contribution in [-0.4, -0.2) is 9.97 Å². The van der Waals surface area contributed by atoms with Gasteiger partial charge in [0.15, 0.2) is 0 Å². The van der Waals surface area contributed by atoms with Crippen LogP contribution in [0.25, 0.3) is 0 Å². The predicted molar refractivity (Wildman–Crippen MR) is 72.6 cm³/mol. The van der Waals surface area contributed by atoms with Crippen LogP contribution in [0, 0.1) is 13.8 Å². The minimum Gasteiger partial charge on any atom is -0.362 e. The standard InChI is InChI=1S/C15H17N3/c1-10-9-16-11(2)15(17-10)18-14-8-7-12-5-3-4-6-13(12)14/h3-6,9,14H,7-8H2,1-2H3,(H,17,18). The lowest BCUT2D eigenvalue weighted by atomic mass is 10.1. The van der Waals surface area contributed by atoms with E-state index in [2.05, 4.69) is 39.6 Å². The van der Waals surface area contributed by atoms with Gasteiger partial charge < -0.3 is 5.32 Å². The van der Waals surface area contributed by atoms with Gasteiger partial charge in [0.2, 0.25) is 0 Å². The van der Waals surface area contributed by atoms with Crippen molar-refractivity contribution in [2.75, 3.05) is 5.32 Å². The van der Waals surface area contributed by atoms with Crippen LogP contribution in [0.4, 0.5) is 5.82 Å². The summed E-state index contributed by atoms with van der Waals surface area (Å²) >= 11 is 0. The molecule has 0 radical (unpaired) electrons. The van der Waals surface area contributed by atoms with Crippen molar-refractivity contribution in [2.24, 2.45) is 0 Å². The molecule has 3 rings (SSSR count). The molecular weight excluding hydrogens is 222 g/mol. The molecule has 1 unspecified atom stereocenters. The van der Waals surface area contributed by atoms with Crippen LogP contribution in [0.2, 0.25) is 0 Å². The van der Waals surface area contributed by atoms with Crippen molar-refractivity contribution >= 4 is 5.82 Å². The van der Waals surface area contributed by atoms with Crippen molar-refractivity contribution in [3.63, 3.8) is 0 Å². The monoisotopic (exact) mass is 239 g/mol. The summed E-state index contributed by atoms with van der Waals surface area (Å²) in [5.74, 6) is 0.914. The summed E-state index contributed by atoms with van der Waals surface area (Å²) in [6.07, 6.45) is 4.09. The van der Waals surface area contributed by atoms with Gasteiger partial charge in [0.1, 0.15) is 5.82 Å². The second-order valence-electron chi connectivity index (χ2n) is 4.88. The van der Waals surface area contributed by atoms with Gasteiger partial charge in [-0.05, 0) is 37.8 Å². The van der Waals surface area contributed by atoms with Crippen LogP contribution in [0.5, 0.6) is 0 Å². The Labute approximate surface area is 107 Å². The Hall–Kier alpha value is -1.90. The second kappa shape index (κ2) is 4.41. The van der Waals surface area contributed by atoms with Gasteiger partial charge >= 0.3 is 0 Å². The van der Waals surface area contributed by atoms with Crippen molar-refractivity contribution in [1.82, 2.24) is 9.97 Å². The first-order chi connectivity index (χ1) is 8.74. The molecule has 0 saturated carbocycles. The fourth-order valence-corrected chi connectivity index (χ4v) is 2.55. The third kappa shape index (κ3) is 1.96. The molecule has 1 N–H and O–H groups in total. The molecule has 1 aromatic carbocycles. The van der Waals surface area contributed by atoms with Gasteiger partial charge in [-0.15, -0.1) is 0 Å². The third-order valence-electron chi connectivity index (χ3n) is 3.52. The highest BCUT2D eigenvalue weighted by atomic mass is 15.0. The maximum Gasteiger partial charge on any atom is 0.148 e. The highest BCUT2D eigenvalue weighted by Crippen LogP contribution is 2.33. The lowest BCUT2D eigenvalue weighted by Gasteiger charge is -2.16. The molecule has 1 aliphatic carbocycles. The number of rotatable bonds is 2. The van der Waals surface area contributed by atoms with E-state index in [9.17, 15) is 0 Å². The Morgan fingerprint density at radius 2 is 2.06 bits per heavy atom. The van der Waals surface area contributed by atoms with E-state index in [1.807, 2.05) is 20.0 Å². The van der Waals surface area contributed by atoms with Crippen molar-refractivity contribution in [3.8, 4) is 0 Å². The van der Waals surface area contributed by atoms with E-state index >= 15 is 0 Å². The summed E-state index contributed by atoms with van der Waals surface area (Å²) in [5, 5.41) is 3.53. The number of fused-ring (bicyclic) bond motifs is 1. The van der Waals surface area contributed by atoms with Gasteiger partial charge in [0.05, 0.1) is 17.4 Å². The normalized spacial score (nSPS) is 17.6. The largest absolute Gasteiger partial charge is 0.362 e. The van der Waals surface area contributed by atoms with Crippen LogP contribution in [0.15, 0.2) is 30.5 Å².